The Bertz CT molecular complexity index is 1020. The zero-order valence-corrected chi connectivity index (χ0v) is 15.7. The summed E-state index contributed by atoms with van der Waals surface area (Å²) in [5, 5.41) is 5.05. The highest BCUT2D eigenvalue weighted by molar-refractivity contribution is 7.14. The number of ether oxygens (including phenoxy) is 3. The van der Waals surface area contributed by atoms with Gasteiger partial charge in [0.2, 0.25) is 6.10 Å². The highest BCUT2D eigenvalue weighted by atomic mass is 32.1. The minimum atomic E-state index is -0.749. The lowest BCUT2D eigenvalue weighted by molar-refractivity contribution is -0.125. The molecule has 1 aliphatic heterocycles. The zero-order valence-electron chi connectivity index (χ0n) is 14.9. The quantitative estimate of drug-likeness (QED) is 0.681. The molecule has 1 aliphatic rings. The molecule has 2 heterocycles. The van der Waals surface area contributed by atoms with E-state index in [0.717, 1.165) is 5.56 Å². The fourth-order valence-corrected chi connectivity index (χ4v) is 3.42. The first kappa shape index (κ1) is 18.0. The second-order valence-corrected chi connectivity index (χ2v) is 6.82. The molecular weight excluding hydrogens is 380 g/mol. The average molecular weight is 396 g/mol. The molecule has 8 heteroatoms. The maximum absolute atomic E-state index is 12.5. The monoisotopic (exact) mass is 396 g/mol. The van der Waals surface area contributed by atoms with Crippen molar-refractivity contribution in [1.29, 1.82) is 0 Å². The summed E-state index contributed by atoms with van der Waals surface area (Å²) in [5.74, 6) is 0.448. The molecule has 142 valence electrons. The van der Waals surface area contributed by atoms with E-state index in [1.807, 2.05) is 17.5 Å². The molecule has 1 amide bonds. The Morgan fingerprint density at radius 2 is 1.89 bits per heavy atom. The predicted molar refractivity (Wildman–Crippen MR) is 104 cm³/mol. The van der Waals surface area contributed by atoms with Gasteiger partial charge in [-0.15, -0.1) is 11.3 Å². The number of carbonyl (C=O) groups excluding carboxylic acids is 2. The number of hydrogen-bond acceptors (Lipinski definition) is 7. The van der Waals surface area contributed by atoms with Crippen LogP contribution in [-0.4, -0.2) is 36.7 Å². The van der Waals surface area contributed by atoms with Crippen molar-refractivity contribution in [2.45, 2.75) is 6.10 Å². The van der Waals surface area contributed by atoms with Crippen LogP contribution in [0.3, 0.4) is 0 Å². The summed E-state index contributed by atoms with van der Waals surface area (Å²) in [6, 6.07) is 14.1. The van der Waals surface area contributed by atoms with Crippen molar-refractivity contribution in [1.82, 2.24) is 4.98 Å². The second-order valence-electron chi connectivity index (χ2n) is 5.96. The number of esters is 1. The van der Waals surface area contributed by atoms with Gasteiger partial charge in [-0.3, -0.25) is 10.1 Å². The summed E-state index contributed by atoms with van der Waals surface area (Å²) in [6.07, 6.45) is -0.749. The number of aromatic nitrogens is 1. The van der Waals surface area contributed by atoms with Gasteiger partial charge in [-0.1, -0.05) is 24.3 Å². The van der Waals surface area contributed by atoms with Crippen LogP contribution < -0.4 is 14.8 Å². The van der Waals surface area contributed by atoms with Gasteiger partial charge < -0.3 is 14.2 Å². The van der Waals surface area contributed by atoms with Crippen LogP contribution in [-0.2, 0) is 9.53 Å². The highest BCUT2D eigenvalue weighted by Gasteiger charge is 2.27. The Balaban J connectivity index is 1.42. The minimum absolute atomic E-state index is 0.135. The standard InChI is InChI=1S/C20H16N2O5S/c1-25-19(24)13-8-6-12(7-9-13)14-11-28-20(21-14)22-18(23)17-10-26-15-4-2-3-5-16(15)27-17/h2-9,11,17H,10H2,1H3,(H,21,22,23). The number of nitrogens with one attached hydrogen (secondary N) is 1. The van der Waals surface area contributed by atoms with E-state index in [4.69, 9.17) is 9.47 Å². The van der Waals surface area contributed by atoms with Crippen molar-refractivity contribution in [3.63, 3.8) is 0 Å². The Kier molecular flexibility index (Phi) is 4.94. The molecule has 1 N–H and O–H groups in total. The van der Waals surface area contributed by atoms with E-state index in [2.05, 4.69) is 15.0 Å². The largest absolute Gasteiger partial charge is 0.485 e. The van der Waals surface area contributed by atoms with Crippen molar-refractivity contribution < 1.29 is 23.8 Å². The van der Waals surface area contributed by atoms with Gasteiger partial charge in [0.1, 0.15) is 6.61 Å². The number of benzene rings is 2. The van der Waals surface area contributed by atoms with Gasteiger partial charge in [0.05, 0.1) is 18.4 Å². The molecule has 1 atom stereocenters. The van der Waals surface area contributed by atoms with Crippen molar-refractivity contribution in [2.24, 2.45) is 0 Å². The Morgan fingerprint density at radius 1 is 1.14 bits per heavy atom. The lowest BCUT2D eigenvalue weighted by Gasteiger charge is -2.25. The third-order valence-corrected chi connectivity index (χ3v) is 4.89. The van der Waals surface area contributed by atoms with Crippen molar-refractivity contribution >= 4 is 28.3 Å². The fraction of sp³-hybridized carbons (Fsp3) is 0.150. The van der Waals surface area contributed by atoms with Crippen molar-refractivity contribution in [3.8, 4) is 22.8 Å². The van der Waals surface area contributed by atoms with Crippen LogP contribution in [0.4, 0.5) is 5.13 Å². The smallest absolute Gasteiger partial charge is 0.337 e. The highest BCUT2D eigenvalue weighted by Crippen LogP contribution is 2.31. The van der Waals surface area contributed by atoms with Crippen LogP contribution in [0.15, 0.2) is 53.9 Å². The van der Waals surface area contributed by atoms with Crippen LogP contribution in [0.5, 0.6) is 11.5 Å². The fourth-order valence-electron chi connectivity index (χ4n) is 2.69. The van der Waals surface area contributed by atoms with Crippen molar-refractivity contribution in [2.75, 3.05) is 19.0 Å². The Labute approximate surface area is 164 Å². The van der Waals surface area contributed by atoms with E-state index >= 15 is 0 Å². The second kappa shape index (κ2) is 7.69. The number of anilines is 1. The van der Waals surface area contributed by atoms with Crippen LogP contribution in [0, 0.1) is 0 Å². The molecule has 1 aromatic heterocycles. The lowest BCUT2D eigenvalue weighted by Crippen LogP contribution is -2.40. The number of para-hydroxylation sites is 2. The summed E-state index contributed by atoms with van der Waals surface area (Å²) >= 11 is 1.31. The first-order valence-electron chi connectivity index (χ1n) is 8.47. The maximum atomic E-state index is 12.5. The first-order chi connectivity index (χ1) is 13.6. The summed E-state index contributed by atoms with van der Waals surface area (Å²) in [4.78, 5) is 28.4. The lowest BCUT2D eigenvalue weighted by atomic mass is 10.1. The van der Waals surface area contributed by atoms with Gasteiger partial charge in [-0.25, -0.2) is 9.78 Å². The SMILES string of the molecule is COC(=O)c1ccc(-c2csc(NC(=O)C3COc4ccccc4O3)n2)cc1. The summed E-state index contributed by atoms with van der Waals surface area (Å²) in [7, 11) is 1.34. The summed E-state index contributed by atoms with van der Waals surface area (Å²) in [5.41, 5.74) is 1.99. The van der Waals surface area contributed by atoms with Crippen LogP contribution in [0.2, 0.25) is 0 Å². The van der Waals surface area contributed by atoms with Crippen molar-refractivity contribution in [3.05, 3.63) is 59.5 Å². The normalized spacial score (nSPS) is 15.0. The molecule has 0 radical (unpaired) electrons. The van der Waals surface area contributed by atoms with Crippen LogP contribution >= 0.6 is 11.3 Å². The van der Waals surface area contributed by atoms with Gasteiger partial charge in [0.15, 0.2) is 16.6 Å². The average Bonchev–Trinajstić information content (AvgIpc) is 3.21. The van der Waals surface area contributed by atoms with E-state index in [-0.39, 0.29) is 12.5 Å². The van der Waals surface area contributed by atoms with Gasteiger partial charge in [-0.2, -0.15) is 0 Å². The molecule has 0 fully saturated rings. The Hall–Kier alpha value is -3.39. The molecule has 0 saturated carbocycles. The third kappa shape index (κ3) is 3.67. The third-order valence-electron chi connectivity index (χ3n) is 4.14. The number of amides is 1. The predicted octanol–water partition coefficient (Wildman–Crippen LogP) is 3.38. The molecule has 0 saturated heterocycles. The molecular formula is C20H16N2O5S. The van der Waals surface area contributed by atoms with Gasteiger partial charge >= 0.3 is 5.97 Å². The Morgan fingerprint density at radius 3 is 2.64 bits per heavy atom. The number of rotatable bonds is 4. The summed E-state index contributed by atoms with van der Waals surface area (Å²) in [6.45, 7) is 0.135. The zero-order chi connectivity index (χ0) is 19.5. The van der Waals surface area contributed by atoms with E-state index < -0.39 is 12.1 Å². The molecule has 0 spiro atoms. The molecule has 1 unspecified atom stereocenters. The molecule has 28 heavy (non-hydrogen) atoms. The van der Waals surface area contributed by atoms with E-state index in [1.54, 1.807) is 36.4 Å². The number of carbonyl (C=O) groups is 2. The van der Waals surface area contributed by atoms with E-state index in [9.17, 15) is 9.59 Å². The topological polar surface area (TPSA) is 86.8 Å². The van der Waals surface area contributed by atoms with E-state index in [1.165, 1.54) is 18.4 Å². The van der Waals surface area contributed by atoms with Gasteiger partial charge in [-0.05, 0) is 24.3 Å². The minimum Gasteiger partial charge on any atom is -0.485 e. The maximum Gasteiger partial charge on any atom is 0.337 e. The number of hydrogen-bond donors (Lipinski definition) is 1. The number of thiazole rings is 1. The first-order valence-corrected chi connectivity index (χ1v) is 9.35. The van der Waals surface area contributed by atoms with Crippen LogP contribution in [0.25, 0.3) is 11.3 Å². The molecule has 3 aromatic rings. The number of nitrogens with zero attached hydrogens (tertiary/aromatic N) is 1. The summed E-state index contributed by atoms with van der Waals surface area (Å²) < 4.78 is 16.0. The van der Waals surface area contributed by atoms with Gasteiger partial charge in [0, 0.05) is 10.9 Å². The molecule has 2 aromatic carbocycles. The molecule has 4 rings (SSSR count). The number of fused-ring (bicyclic) bond motifs is 1. The molecule has 0 aliphatic carbocycles. The van der Waals surface area contributed by atoms with E-state index in [0.29, 0.717) is 27.9 Å². The van der Waals surface area contributed by atoms with Gasteiger partial charge in [0.25, 0.3) is 5.91 Å². The molecule has 0 bridgehead atoms. The van der Waals surface area contributed by atoms with Crippen LogP contribution in [0.1, 0.15) is 10.4 Å². The number of methoxy groups -OCH3 is 1. The molecule has 7 nitrogen and oxygen atoms in total.